The van der Waals surface area contributed by atoms with Gasteiger partial charge in [0.15, 0.2) is 0 Å². The number of ether oxygens (including phenoxy) is 1. The molecule has 19 heavy (non-hydrogen) atoms. The average Bonchev–Trinajstić information content (AvgIpc) is 2.67. The maximum Gasteiger partial charge on any atom is 0.341 e. The van der Waals surface area contributed by atoms with Gasteiger partial charge in [-0.15, -0.1) is 0 Å². The van der Waals surface area contributed by atoms with Gasteiger partial charge in [0.05, 0.1) is 19.9 Å². The van der Waals surface area contributed by atoms with Crippen molar-refractivity contribution in [1.82, 2.24) is 10.0 Å². The highest BCUT2D eigenvalue weighted by atomic mass is 32.2. The second-order valence-electron chi connectivity index (χ2n) is 4.02. The van der Waals surface area contributed by atoms with Crippen LogP contribution in [0.2, 0.25) is 0 Å². The minimum atomic E-state index is -3.16. The molecular weight excluding hydrogens is 272 g/mol. The minimum absolute atomic E-state index is 0.294. The highest BCUT2D eigenvalue weighted by molar-refractivity contribution is 7.88. The van der Waals surface area contributed by atoms with Crippen LogP contribution in [0.5, 0.6) is 0 Å². The molecule has 2 N–H and O–H groups in total. The Bertz CT molecular complexity index is 535. The first-order valence-electron chi connectivity index (χ1n) is 5.66. The van der Waals surface area contributed by atoms with Crippen LogP contribution in [0.4, 0.5) is 0 Å². The molecule has 0 aliphatic carbocycles. The number of esters is 1. The van der Waals surface area contributed by atoms with E-state index in [1.165, 1.54) is 7.11 Å². The standard InChI is InChI=1S/C11H18N2O5S/c1-8-10(11(14)17-2)6-9(18-8)7-12-4-5-13-19(3,15)16/h6,12-13H,4-5,7H2,1-3H3. The van der Waals surface area contributed by atoms with E-state index < -0.39 is 16.0 Å². The number of furan rings is 1. The van der Waals surface area contributed by atoms with Gasteiger partial charge in [-0.05, 0) is 13.0 Å². The van der Waals surface area contributed by atoms with Crippen LogP contribution in [0, 0.1) is 6.92 Å². The summed E-state index contributed by atoms with van der Waals surface area (Å²) in [5.74, 6) is 0.654. The molecule has 0 spiro atoms. The Kier molecular flexibility index (Phi) is 5.52. The molecule has 7 nitrogen and oxygen atoms in total. The van der Waals surface area contributed by atoms with Crippen molar-refractivity contribution in [2.75, 3.05) is 26.5 Å². The molecule has 1 rings (SSSR count). The van der Waals surface area contributed by atoms with Gasteiger partial charge in [-0.1, -0.05) is 0 Å². The van der Waals surface area contributed by atoms with E-state index in [9.17, 15) is 13.2 Å². The molecule has 8 heteroatoms. The monoisotopic (exact) mass is 290 g/mol. The summed E-state index contributed by atoms with van der Waals surface area (Å²) in [6, 6.07) is 1.61. The molecule has 0 saturated heterocycles. The van der Waals surface area contributed by atoms with Gasteiger partial charge < -0.3 is 14.5 Å². The summed E-state index contributed by atoms with van der Waals surface area (Å²) in [4.78, 5) is 11.4. The number of carbonyl (C=O) groups is 1. The maximum atomic E-state index is 11.4. The minimum Gasteiger partial charge on any atom is -0.465 e. The average molecular weight is 290 g/mol. The summed E-state index contributed by atoms with van der Waals surface area (Å²) in [6.45, 7) is 2.84. The Balaban J connectivity index is 2.40. The van der Waals surface area contributed by atoms with Gasteiger partial charge in [-0.25, -0.2) is 17.9 Å². The molecule has 0 radical (unpaired) electrons. The van der Waals surface area contributed by atoms with Crippen molar-refractivity contribution in [3.8, 4) is 0 Å². The summed E-state index contributed by atoms with van der Waals surface area (Å²) in [7, 11) is -1.85. The van der Waals surface area contributed by atoms with E-state index in [2.05, 4.69) is 14.8 Å². The molecule has 1 aromatic heterocycles. The molecule has 0 fully saturated rings. The number of sulfonamides is 1. The number of carbonyl (C=O) groups excluding carboxylic acids is 1. The maximum absolute atomic E-state index is 11.4. The number of nitrogens with one attached hydrogen (secondary N) is 2. The molecule has 0 bridgehead atoms. The second kappa shape index (κ2) is 6.69. The second-order valence-corrected chi connectivity index (χ2v) is 5.85. The van der Waals surface area contributed by atoms with Gasteiger partial charge in [-0.2, -0.15) is 0 Å². The van der Waals surface area contributed by atoms with E-state index in [1.54, 1.807) is 13.0 Å². The van der Waals surface area contributed by atoms with Crippen LogP contribution in [0.3, 0.4) is 0 Å². The largest absolute Gasteiger partial charge is 0.465 e. The first kappa shape index (κ1) is 15.7. The number of rotatable bonds is 7. The summed E-state index contributed by atoms with van der Waals surface area (Å²) in [5.41, 5.74) is 0.397. The normalized spacial score (nSPS) is 11.5. The summed E-state index contributed by atoms with van der Waals surface area (Å²) >= 11 is 0. The zero-order valence-electron chi connectivity index (χ0n) is 11.1. The lowest BCUT2D eigenvalue weighted by atomic mass is 10.2. The molecule has 0 saturated carbocycles. The number of hydrogen-bond acceptors (Lipinski definition) is 6. The van der Waals surface area contributed by atoms with Crippen LogP contribution in [0.15, 0.2) is 10.5 Å². The molecule has 1 aromatic rings. The van der Waals surface area contributed by atoms with Gasteiger partial charge in [-0.3, -0.25) is 0 Å². The predicted molar refractivity (Wildman–Crippen MR) is 69.3 cm³/mol. The van der Waals surface area contributed by atoms with Crippen molar-refractivity contribution in [3.63, 3.8) is 0 Å². The molecule has 0 aliphatic rings. The van der Waals surface area contributed by atoms with Crippen molar-refractivity contribution in [3.05, 3.63) is 23.2 Å². The Morgan fingerprint density at radius 2 is 2.11 bits per heavy atom. The Hall–Kier alpha value is -1.38. The van der Waals surface area contributed by atoms with Crippen LogP contribution in [-0.2, 0) is 21.3 Å². The highest BCUT2D eigenvalue weighted by Gasteiger charge is 2.14. The molecule has 0 amide bonds. The van der Waals surface area contributed by atoms with Gasteiger partial charge >= 0.3 is 5.97 Å². The first-order valence-corrected chi connectivity index (χ1v) is 7.55. The van der Waals surface area contributed by atoms with E-state index >= 15 is 0 Å². The van der Waals surface area contributed by atoms with Gasteiger partial charge in [0.1, 0.15) is 17.1 Å². The number of methoxy groups -OCH3 is 1. The van der Waals surface area contributed by atoms with Crippen molar-refractivity contribution < 1.29 is 22.4 Å². The molecule has 1 heterocycles. The van der Waals surface area contributed by atoms with E-state index in [0.717, 1.165) is 6.26 Å². The van der Waals surface area contributed by atoms with Crippen LogP contribution < -0.4 is 10.0 Å². The van der Waals surface area contributed by atoms with Gasteiger partial charge in [0, 0.05) is 13.1 Å². The third kappa shape index (κ3) is 5.41. The zero-order chi connectivity index (χ0) is 14.5. The van der Waals surface area contributed by atoms with Gasteiger partial charge in [0.2, 0.25) is 10.0 Å². The van der Waals surface area contributed by atoms with E-state index in [1.807, 2.05) is 0 Å². The Morgan fingerprint density at radius 3 is 2.68 bits per heavy atom. The molecular formula is C11H18N2O5S. The van der Waals surface area contributed by atoms with Gasteiger partial charge in [0.25, 0.3) is 0 Å². The van der Waals surface area contributed by atoms with E-state index in [4.69, 9.17) is 4.42 Å². The summed E-state index contributed by atoms with van der Waals surface area (Å²) < 4.78 is 34.0. The lowest BCUT2D eigenvalue weighted by molar-refractivity contribution is 0.0599. The van der Waals surface area contributed by atoms with Crippen molar-refractivity contribution >= 4 is 16.0 Å². The van der Waals surface area contributed by atoms with Crippen LogP contribution >= 0.6 is 0 Å². The van der Waals surface area contributed by atoms with E-state index in [-0.39, 0.29) is 0 Å². The van der Waals surface area contributed by atoms with Crippen LogP contribution in [-0.4, -0.2) is 40.8 Å². The summed E-state index contributed by atoms with van der Waals surface area (Å²) in [5, 5.41) is 3.00. The molecule has 0 aromatic carbocycles. The molecule has 0 unspecified atom stereocenters. The van der Waals surface area contributed by atoms with Crippen molar-refractivity contribution in [1.29, 1.82) is 0 Å². The lowest BCUT2D eigenvalue weighted by Crippen LogP contribution is -2.30. The SMILES string of the molecule is COC(=O)c1cc(CNCCNS(C)(=O)=O)oc1C. The fraction of sp³-hybridized carbons (Fsp3) is 0.545. The summed E-state index contributed by atoms with van der Waals surface area (Å²) in [6.07, 6.45) is 1.10. The Morgan fingerprint density at radius 1 is 1.42 bits per heavy atom. The van der Waals surface area contributed by atoms with E-state index in [0.29, 0.717) is 36.7 Å². The quantitative estimate of drug-likeness (QED) is 0.542. The number of hydrogen-bond donors (Lipinski definition) is 2. The number of aryl methyl sites for hydroxylation is 1. The molecule has 0 aliphatic heterocycles. The smallest absolute Gasteiger partial charge is 0.341 e. The molecule has 0 atom stereocenters. The van der Waals surface area contributed by atoms with Crippen molar-refractivity contribution in [2.24, 2.45) is 0 Å². The topological polar surface area (TPSA) is 97.6 Å². The molecule has 108 valence electrons. The van der Waals surface area contributed by atoms with Crippen LogP contribution in [0.1, 0.15) is 21.9 Å². The lowest BCUT2D eigenvalue weighted by Gasteiger charge is -2.03. The Labute approximate surface area is 112 Å². The predicted octanol–water partition coefficient (Wildman–Crippen LogP) is 0.0134. The first-order chi connectivity index (χ1) is 8.83. The fourth-order valence-corrected chi connectivity index (χ4v) is 1.95. The highest BCUT2D eigenvalue weighted by Crippen LogP contribution is 2.15. The fourth-order valence-electron chi connectivity index (χ4n) is 1.48. The zero-order valence-corrected chi connectivity index (χ0v) is 12.0. The third-order valence-corrected chi connectivity index (χ3v) is 3.07. The third-order valence-electron chi connectivity index (χ3n) is 2.34. The van der Waals surface area contributed by atoms with Crippen LogP contribution in [0.25, 0.3) is 0 Å². The van der Waals surface area contributed by atoms with Crippen molar-refractivity contribution in [2.45, 2.75) is 13.5 Å².